The van der Waals surface area contributed by atoms with Crippen molar-refractivity contribution in [1.29, 1.82) is 0 Å². The summed E-state index contributed by atoms with van der Waals surface area (Å²) in [6.07, 6.45) is 4.48. The molecule has 140 valence electrons. The second-order valence-corrected chi connectivity index (χ2v) is 7.30. The van der Waals surface area contributed by atoms with Gasteiger partial charge in [0, 0.05) is 37.8 Å². The minimum Gasteiger partial charge on any atom is -0.338 e. The Labute approximate surface area is 157 Å². The summed E-state index contributed by atoms with van der Waals surface area (Å²) < 4.78 is 13.1. The lowest BCUT2D eigenvalue weighted by Crippen LogP contribution is -2.42. The topological polar surface area (TPSA) is 53.5 Å². The van der Waals surface area contributed by atoms with Crippen molar-refractivity contribution in [2.45, 2.75) is 32.2 Å². The van der Waals surface area contributed by atoms with Crippen molar-refractivity contribution >= 4 is 17.6 Å². The maximum absolute atomic E-state index is 13.1. The van der Waals surface area contributed by atoms with Gasteiger partial charge in [-0.2, -0.15) is 0 Å². The second kappa shape index (κ2) is 7.47. The summed E-state index contributed by atoms with van der Waals surface area (Å²) in [6, 6.07) is 9.68. The normalized spacial score (nSPS) is 17.3. The van der Waals surface area contributed by atoms with E-state index in [1.165, 1.54) is 25.0 Å². The van der Waals surface area contributed by atoms with Crippen LogP contribution in [0, 0.1) is 11.7 Å². The summed E-state index contributed by atoms with van der Waals surface area (Å²) in [5, 5.41) is 0. The molecule has 1 aromatic carbocycles. The Balaban J connectivity index is 1.57. The Morgan fingerprint density at radius 3 is 2.70 bits per heavy atom. The van der Waals surface area contributed by atoms with E-state index in [4.69, 9.17) is 0 Å². The van der Waals surface area contributed by atoms with Gasteiger partial charge < -0.3 is 4.90 Å². The van der Waals surface area contributed by atoms with Gasteiger partial charge in [-0.25, -0.2) is 9.37 Å². The average molecular weight is 367 g/mol. The number of nitrogens with zero attached hydrogens (tertiary/aromatic N) is 3. The molecule has 0 radical (unpaired) electrons. The SMILES string of the molecule is O=C1CCN(C(=O)Cc2ccc(F)cc2)c2ncccc2CN1CC1CC1. The average Bonchev–Trinajstić information content (AvgIpc) is 3.47. The molecule has 1 aliphatic heterocycles. The number of anilines is 1. The molecule has 6 heteroatoms. The number of pyridine rings is 1. The number of carbonyl (C=O) groups excluding carboxylic acids is 2. The van der Waals surface area contributed by atoms with Gasteiger partial charge in [0.25, 0.3) is 0 Å². The Kier molecular flexibility index (Phi) is 4.88. The molecule has 2 aromatic rings. The number of benzene rings is 1. The highest BCUT2D eigenvalue weighted by Gasteiger charge is 2.31. The molecule has 1 aromatic heterocycles. The fourth-order valence-electron chi connectivity index (χ4n) is 3.46. The fourth-order valence-corrected chi connectivity index (χ4v) is 3.46. The van der Waals surface area contributed by atoms with Crippen LogP contribution >= 0.6 is 0 Å². The van der Waals surface area contributed by atoms with Crippen LogP contribution in [0.15, 0.2) is 42.6 Å². The smallest absolute Gasteiger partial charge is 0.232 e. The molecule has 2 amide bonds. The third kappa shape index (κ3) is 4.15. The highest BCUT2D eigenvalue weighted by Crippen LogP contribution is 2.32. The lowest BCUT2D eigenvalue weighted by Gasteiger charge is -2.31. The first-order chi connectivity index (χ1) is 13.1. The molecule has 2 aliphatic rings. The molecule has 0 spiro atoms. The van der Waals surface area contributed by atoms with Crippen molar-refractivity contribution in [2.75, 3.05) is 18.0 Å². The monoisotopic (exact) mass is 367 g/mol. The number of amides is 2. The summed E-state index contributed by atoms with van der Waals surface area (Å²) in [6.45, 7) is 1.58. The standard InChI is InChI=1S/C21H22FN3O2/c22-18-7-5-15(6-8-18)12-20(27)25-11-9-19(26)24(13-16-3-4-16)14-17-2-1-10-23-21(17)25/h1-2,5-8,10,16H,3-4,9,11-14H2. The van der Waals surface area contributed by atoms with Crippen molar-refractivity contribution in [3.8, 4) is 0 Å². The molecule has 0 bridgehead atoms. The van der Waals surface area contributed by atoms with Crippen LogP contribution in [0.1, 0.15) is 30.4 Å². The maximum Gasteiger partial charge on any atom is 0.232 e. The number of halogens is 1. The molecular formula is C21H22FN3O2. The zero-order valence-corrected chi connectivity index (χ0v) is 15.1. The number of rotatable bonds is 4. The van der Waals surface area contributed by atoms with Gasteiger partial charge >= 0.3 is 0 Å². The molecule has 5 nitrogen and oxygen atoms in total. The molecular weight excluding hydrogens is 345 g/mol. The Morgan fingerprint density at radius 1 is 1.19 bits per heavy atom. The van der Waals surface area contributed by atoms with Crippen LogP contribution in [0.2, 0.25) is 0 Å². The molecule has 1 aliphatic carbocycles. The highest BCUT2D eigenvalue weighted by atomic mass is 19.1. The first-order valence-electron chi connectivity index (χ1n) is 9.36. The van der Waals surface area contributed by atoms with Crippen LogP contribution in [-0.2, 0) is 22.6 Å². The van der Waals surface area contributed by atoms with Gasteiger partial charge in [-0.3, -0.25) is 14.5 Å². The van der Waals surface area contributed by atoms with Crippen LogP contribution in [0.3, 0.4) is 0 Å². The van der Waals surface area contributed by atoms with Gasteiger partial charge in [0.15, 0.2) is 0 Å². The van der Waals surface area contributed by atoms with Crippen LogP contribution in [-0.4, -0.2) is 34.8 Å². The van der Waals surface area contributed by atoms with Gasteiger partial charge in [-0.1, -0.05) is 18.2 Å². The molecule has 27 heavy (non-hydrogen) atoms. The number of hydrogen-bond donors (Lipinski definition) is 0. The molecule has 0 N–H and O–H groups in total. The molecule has 0 atom stereocenters. The van der Waals surface area contributed by atoms with Crippen molar-refractivity contribution in [1.82, 2.24) is 9.88 Å². The summed E-state index contributed by atoms with van der Waals surface area (Å²) >= 11 is 0. The molecule has 0 saturated heterocycles. The maximum atomic E-state index is 13.1. The summed E-state index contributed by atoms with van der Waals surface area (Å²) in [5.41, 5.74) is 1.63. The number of fused-ring (bicyclic) bond motifs is 1. The van der Waals surface area contributed by atoms with Gasteiger partial charge in [0.1, 0.15) is 11.6 Å². The summed E-state index contributed by atoms with van der Waals surface area (Å²) in [7, 11) is 0. The molecule has 2 heterocycles. The molecule has 1 saturated carbocycles. The third-order valence-electron chi connectivity index (χ3n) is 5.13. The Hall–Kier alpha value is -2.76. The fraction of sp³-hybridized carbons (Fsp3) is 0.381. The summed E-state index contributed by atoms with van der Waals surface area (Å²) in [4.78, 5) is 33.5. The van der Waals surface area contributed by atoms with E-state index < -0.39 is 0 Å². The van der Waals surface area contributed by atoms with Gasteiger partial charge in [0.05, 0.1) is 6.42 Å². The second-order valence-electron chi connectivity index (χ2n) is 7.30. The zero-order valence-electron chi connectivity index (χ0n) is 15.1. The van der Waals surface area contributed by atoms with Crippen molar-refractivity contribution in [3.05, 3.63) is 59.5 Å². The van der Waals surface area contributed by atoms with E-state index in [9.17, 15) is 14.0 Å². The summed E-state index contributed by atoms with van der Waals surface area (Å²) in [5.74, 6) is 0.856. The van der Waals surface area contributed by atoms with Gasteiger partial charge in [-0.15, -0.1) is 0 Å². The number of aromatic nitrogens is 1. The number of hydrogen-bond acceptors (Lipinski definition) is 3. The third-order valence-corrected chi connectivity index (χ3v) is 5.13. The minimum atomic E-state index is -0.328. The quantitative estimate of drug-likeness (QED) is 0.835. The van der Waals surface area contributed by atoms with E-state index in [-0.39, 0.29) is 30.5 Å². The lowest BCUT2D eigenvalue weighted by atomic mass is 10.1. The predicted octanol–water partition coefficient (Wildman–Crippen LogP) is 2.94. The van der Waals surface area contributed by atoms with E-state index in [2.05, 4.69) is 4.98 Å². The Bertz CT molecular complexity index is 849. The minimum absolute atomic E-state index is 0.0796. The van der Waals surface area contributed by atoms with Gasteiger partial charge in [0.2, 0.25) is 11.8 Å². The van der Waals surface area contributed by atoms with Crippen LogP contribution < -0.4 is 4.90 Å². The Morgan fingerprint density at radius 2 is 1.96 bits per heavy atom. The largest absolute Gasteiger partial charge is 0.338 e. The van der Waals surface area contributed by atoms with E-state index in [0.717, 1.165) is 17.7 Å². The predicted molar refractivity (Wildman–Crippen MR) is 99.5 cm³/mol. The van der Waals surface area contributed by atoms with E-state index >= 15 is 0 Å². The molecule has 1 fully saturated rings. The van der Waals surface area contributed by atoms with E-state index in [1.54, 1.807) is 23.2 Å². The molecule has 0 unspecified atom stereocenters. The first kappa shape index (κ1) is 17.6. The zero-order chi connectivity index (χ0) is 18.8. The van der Waals surface area contributed by atoms with Crippen LogP contribution in [0.25, 0.3) is 0 Å². The lowest BCUT2D eigenvalue weighted by molar-refractivity contribution is -0.132. The van der Waals surface area contributed by atoms with E-state index in [1.807, 2.05) is 17.0 Å². The first-order valence-corrected chi connectivity index (χ1v) is 9.36. The van der Waals surface area contributed by atoms with E-state index in [0.29, 0.717) is 24.8 Å². The van der Waals surface area contributed by atoms with Crippen LogP contribution in [0.5, 0.6) is 0 Å². The van der Waals surface area contributed by atoms with Crippen molar-refractivity contribution in [3.63, 3.8) is 0 Å². The highest BCUT2D eigenvalue weighted by molar-refractivity contribution is 5.95. The van der Waals surface area contributed by atoms with Gasteiger partial charge in [-0.05, 0) is 42.5 Å². The van der Waals surface area contributed by atoms with Crippen LogP contribution in [0.4, 0.5) is 10.2 Å². The van der Waals surface area contributed by atoms with Crippen molar-refractivity contribution < 1.29 is 14.0 Å². The van der Waals surface area contributed by atoms with Crippen molar-refractivity contribution in [2.24, 2.45) is 5.92 Å². The molecule has 4 rings (SSSR count). The number of carbonyl (C=O) groups is 2.